The van der Waals surface area contributed by atoms with Crippen LogP contribution in [0.4, 0.5) is 4.79 Å². The van der Waals surface area contributed by atoms with Crippen molar-refractivity contribution in [1.82, 2.24) is 10.6 Å². The van der Waals surface area contributed by atoms with Gasteiger partial charge in [0.25, 0.3) is 0 Å². The number of benzene rings is 1. The molecule has 0 heterocycles. The Morgan fingerprint density at radius 3 is 2.56 bits per heavy atom. The van der Waals surface area contributed by atoms with Gasteiger partial charge in [-0.15, -0.1) is 0 Å². The van der Waals surface area contributed by atoms with Crippen molar-refractivity contribution >= 4 is 23.8 Å². The number of ether oxygens (including phenoxy) is 1. The fraction of sp³-hybridized carbons (Fsp3) is 0.556. The number of carbonyl (C=O) groups excluding carboxylic acids is 1. The van der Waals surface area contributed by atoms with Crippen molar-refractivity contribution < 1.29 is 19.4 Å². The van der Waals surface area contributed by atoms with Crippen LogP contribution in [0.3, 0.4) is 0 Å². The Morgan fingerprint density at radius 1 is 1.32 bits per heavy atom. The molecule has 7 heteroatoms. The highest BCUT2D eigenvalue weighted by Gasteiger charge is 2.21. The Kier molecular flexibility index (Phi) is 8.09. The van der Waals surface area contributed by atoms with Crippen LogP contribution in [0.15, 0.2) is 18.2 Å². The van der Waals surface area contributed by atoms with Gasteiger partial charge in [0, 0.05) is 0 Å². The number of carboxylic acids is 1. The Bertz CT molecular complexity index is 599. The smallest absolute Gasteiger partial charge is 0.326 e. The second-order valence-electron chi connectivity index (χ2n) is 6.86. The second kappa shape index (κ2) is 9.56. The minimum absolute atomic E-state index is 0.0349. The molecule has 140 valence electrons. The van der Waals surface area contributed by atoms with Gasteiger partial charge in [-0.05, 0) is 42.4 Å². The molecule has 1 aromatic carbocycles. The van der Waals surface area contributed by atoms with Crippen LogP contribution in [0.1, 0.15) is 38.3 Å². The molecule has 1 rings (SSSR count). The van der Waals surface area contributed by atoms with E-state index in [0.29, 0.717) is 17.9 Å². The second-order valence-corrected chi connectivity index (χ2v) is 7.85. The average Bonchev–Trinajstić information content (AvgIpc) is 2.51. The minimum atomic E-state index is -1.04. The van der Waals surface area contributed by atoms with Crippen LogP contribution in [0.25, 0.3) is 0 Å². The lowest BCUT2D eigenvalue weighted by Crippen LogP contribution is -2.47. The van der Waals surface area contributed by atoms with E-state index in [9.17, 15) is 9.59 Å². The molecule has 0 aromatic heterocycles. The van der Waals surface area contributed by atoms with Gasteiger partial charge in [-0.1, -0.05) is 38.5 Å². The zero-order valence-electron chi connectivity index (χ0n) is 15.5. The SMILES string of the molecule is CSCCC(NC(=O)NCOc1ccc(C)cc1C(C)(C)C)C(=O)O. The molecule has 0 aliphatic heterocycles. The van der Waals surface area contributed by atoms with E-state index in [1.165, 1.54) is 11.8 Å². The highest BCUT2D eigenvalue weighted by molar-refractivity contribution is 7.98. The summed E-state index contributed by atoms with van der Waals surface area (Å²) < 4.78 is 5.69. The number of carbonyl (C=O) groups is 2. The summed E-state index contributed by atoms with van der Waals surface area (Å²) in [4.78, 5) is 23.0. The van der Waals surface area contributed by atoms with Crippen molar-refractivity contribution in [2.75, 3.05) is 18.7 Å². The number of rotatable bonds is 8. The molecule has 0 aliphatic rings. The zero-order chi connectivity index (χ0) is 19.0. The molecule has 0 radical (unpaired) electrons. The standard InChI is InChI=1S/C18H28N2O4S/c1-12-6-7-15(13(10-12)18(2,3)4)24-11-19-17(23)20-14(16(21)22)8-9-25-5/h6-7,10,14H,8-9,11H2,1-5H3,(H,21,22)(H2,19,20,23). The van der Waals surface area contributed by atoms with Crippen LogP contribution in [0, 0.1) is 6.92 Å². The maximum atomic E-state index is 11.9. The van der Waals surface area contributed by atoms with Gasteiger partial charge in [0.2, 0.25) is 0 Å². The normalized spacial score (nSPS) is 12.4. The molecule has 2 amide bonds. The fourth-order valence-electron chi connectivity index (χ4n) is 2.24. The van der Waals surface area contributed by atoms with Gasteiger partial charge in [-0.25, -0.2) is 9.59 Å². The van der Waals surface area contributed by atoms with E-state index in [-0.39, 0.29) is 12.1 Å². The van der Waals surface area contributed by atoms with E-state index < -0.39 is 18.0 Å². The summed E-state index contributed by atoms with van der Waals surface area (Å²) in [5.74, 6) is 0.320. The van der Waals surface area contributed by atoms with Crippen molar-refractivity contribution in [3.05, 3.63) is 29.3 Å². The third-order valence-corrected chi connectivity index (χ3v) is 4.26. The van der Waals surface area contributed by atoms with Crippen LogP contribution in [0.2, 0.25) is 0 Å². The van der Waals surface area contributed by atoms with Gasteiger partial charge < -0.3 is 20.5 Å². The molecule has 0 aliphatic carbocycles. The number of carboxylic acid groups (broad SMARTS) is 1. The first kappa shape index (κ1) is 21.2. The molecule has 25 heavy (non-hydrogen) atoms. The first-order chi connectivity index (χ1) is 11.6. The zero-order valence-corrected chi connectivity index (χ0v) is 16.3. The fourth-order valence-corrected chi connectivity index (χ4v) is 2.71. The van der Waals surface area contributed by atoms with Gasteiger partial charge in [0.15, 0.2) is 6.73 Å². The van der Waals surface area contributed by atoms with Crippen molar-refractivity contribution in [3.63, 3.8) is 0 Å². The summed E-state index contributed by atoms with van der Waals surface area (Å²) in [5, 5.41) is 14.1. The van der Waals surface area contributed by atoms with Crippen LogP contribution >= 0.6 is 11.8 Å². The van der Waals surface area contributed by atoms with Gasteiger partial charge in [-0.3, -0.25) is 0 Å². The van der Waals surface area contributed by atoms with E-state index >= 15 is 0 Å². The topological polar surface area (TPSA) is 87.7 Å². The van der Waals surface area contributed by atoms with Crippen molar-refractivity contribution in [2.45, 2.75) is 45.6 Å². The number of hydrogen-bond acceptors (Lipinski definition) is 4. The van der Waals surface area contributed by atoms with Gasteiger partial charge >= 0.3 is 12.0 Å². The van der Waals surface area contributed by atoms with E-state index in [0.717, 1.165) is 11.1 Å². The quantitative estimate of drug-likeness (QED) is 0.614. The van der Waals surface area contributed by atoms with Gasteiger partial charge in [-0.2, -0.15) is 11.8 Å². The van der Waals surface area contributed by atoms with Crippen LogP contribution in [-0.2, 0) is 10.2 Å². The number of aryl methyl sites for hydroxylation is 1. The summed E-state index contributed by atoms with van der Waals surface area (Å²) in [7, 11) is 0. The predicted molar refractivity (Wildman–Crippen MR) is 101 cm³/mol. The maximum absolute atomic E-state index is 11.9. The van der Waals surface area contributed by atoms with Crippen molar-refractivity contribution in [1.29, 1.82) is 0 Å². The van der Waals surface area contributed by atoms with E-state index in [1.54, 1.807) is 0 Å². The molecular weight excluding hydrogens is 340 g/mol. The van der Waals surface area contributed by atoms with E-state index in [4.69, 9.17) is 9.84 Å². The largest absolute Gasteiger partial charge is 0.480 e. The molecule has 0 saturated heterocycles. The summed E-state index contributed by atoms with van der Waals surface area (Å²) in [5.41, 5.74) is 2.11. The molecule has 0 saturated carbocycles. The van der Waals surface area contributed by atoms with E-state index in [1.807, 2.05) is 25.3 Å². The van der Waals surface area contributed by atoms with Gasteiger partial charge in [0.05, 0.1) is 0 Å². The molecule has 1 unspecified atom stereocenters. The summed E-state index contributed by atoms with van der Waals surface area (Å²) in [6.07, 6.45) is 2.26. The Morgan fingerprint density at radius 2 is 2.00 bits per heavy atom. The number of thioether (sulfide) groups is 1. The Labute approximate surface area is 153 Å². The summed E-state index contributed by atoms with van der Waals surface area (Å²) in [6.45, 7) is 8.27. The molecule has 3 N–H and O–H groups in total. The third-order valence-electron chi connectivity index (χ3n) is 3.62. The number of urea groups is 1. The predicted octanol–water partition coefficient (Wildman–Crippen LogP) is 3.13. The number of aliphatic carboxylic acids is 1. The number of hydrogen-bond donors (Lipinski definition) is 3. The molecule has 0 spiro atoms. The highest BCUT2D eigenvalue weighted by Crippen LogP contribution is 2.31. The number of nitrogens with one attached hydrogen (secondary N) is 2. The lowest BCUT2D eigenvalue weighted by molar-refractivity contribution is -0.139. The third kappa shape index (κ3) is 7.25. The molecule has 0 fully saturated rings. The van der Waals surface area contributed by atoms with Crippen LogP contribution in [0.5, 0.6) is 5.75 Å². The highest BCUT2D eigenvalue weighted by atomic mass is 32.2. The van der Waals surface area contributed by atoms with E-state index in [2.05, 4.69) is 37.5 Å². The van der Waals surface area contributed by atoms with Crippen LogP contribution < -0.4 is 15.4 Å². The van der Waals surface area contributed by atoms with Crippen molar-refractivity contribution in [2.24, 2.45) is 0 Å². The summed E-state index contributed by atoms with van der Waals surface area (Å²) >= 11 is 1.53. The summed E-state index contributed by atoms with van der Waals surface area (Å²) in [6, 6.07) is 4.44. The minimum Gasteiger partial charge on any atom is -0.480 e. The first-order valence-corrected chi connectivity index (χ1v) is 9.54. The Balaban J connectivity index is 2.60. The monoisotopic (exact) mass is 368 g/mol. The Hall–Kier alpha value is -1.89. The van der Waals surface area contributed by atoms with Crippen molar-refractivity contribution in [3.8, 4) is 5.75 Å². The average molecular weight is 368 g/mol. The first-order valence-electron chi connectivity index (χ1n) is 8.15. The lowest BCUT2D eigenvalue weighted by Gasteiger charge is -2.23. The molecular formula is C18H28N2O4S. The molecule has 6 nitrogen and oxygen atoms in total. The lowest BCUT2D eigenvalue weighted by atomic mass is 9.85. The van der Waals surface area contributed by atoms with Gasteiger partial charge in [0.1, 0.15) is 11.8 Å². The maximum Gasteiger partial charge on any atom is 0.326 e. The molecule has 1 aromatic rings. The van der Waals surface area contributed by atoms with Crippen LogP contribution in [-0.4, -0.2) is 41.9 Å². The molecule has 1 atom stereocenters. The molecule has 0 bridgehead atoms. The number of amides is 2.